The molecule has 2 unspecified atom stereocenters. The maximum Gasteiger partial charge on any atom is 0.338 e. The first-order valence-electron chi connectivity index (χ1n) is 10.4. The normalized spacial score (nSPS) is 18.8. The molecule has 1 amide bonds. The Balaban J connectivity index is 1.64. The number of hydrogen-bond acceptors (Lipinski definition) is 7. The highest BCUT2D eigenvalue weighted by Crippen LogP contribution is 2.22. The Bertz CT molecular complexity index is 1120. The highest BCUT2D eigenvalue weighted by molar-refractivity contribution is 7.89. The lowest BCUT2D eigenvalue weighted by Crippen LogP contribution is -2.48. The zero-order valence-electron chi connectivity index (χ0n) is 18.4. The van der Waals surface area contributed by atoms with Crippen molar-refractivity contribution in [1.82, 2.24) is 4.31 Å². The maximum atomic E-state index is 12.9. The first kappa shape index (κ1) is 24.4. The Kier molecular flexibility index (Phi) is 7.81. The smallest absolute Gasteiger partial charge is 0.338 e. The average Bonchev–Trinajstić information content (AvgIpc) is 2.80. The summed E-state index contributed by atoms with van der Waals surface area (Å²) < 4.78 is 37.9. The molecule has 1 fully saturated rings. The van der Waals surface area contributed by atoms with Crippen molar-refractivity contribution >= 4 is 27.6 Å². The lowest BCUT2D eigenvalue weighted by molar-refractivity contribution is -0.121. The van der Waals surface area contributed by atoms with Crippen LogP contribution in [-0.4, -0.2) is 63.0 Å². The van der Waals surface area contributed by atoms with Gasteiger partial charge < -0.3 is 9.47 Å². The number of rotatable bonds is 7. The van der Waals surface area contributed by atoms with Gasteiger partial charge in [0.15, 0.2) is 6.61 Å². The molecule has 2 aromatic carbocycles. The zero-order chi connectivity index (χ0) is 24.0. The molecule has 0 aromatic heterocycles. The second kappa shape index (κ2) is 10.6. The van der Waals surface area contributed by atoms with Crippen LogP contribution in [0.5, 0.6) is 0 Å². The van der Waals surface area contributed by atoms with Gasteiger partial charge in [-0.15, -0.1) is 0 Å². The minimum absolute atomic E-state index is 0.0562. The molecule has 2 atom stereocenters. The summed E-state index contributed by atoms with van der Waals surface area (Å²) in [4.78, 5) is 26.1. The summed E-state index contributed by atoms with van der Waals surface area (Å²) in [5.74, 6) is -1.32. The predicted molar refractivity (Wildman–Crippen MR) is 120 cm³/mol. The molecule has 0 saturated carbocycles. The Labute approximate surface area is 193 Å². The molecule has 1 aliphatic rings. The van der Waals surface area contributed by atoms with E-state index in [2.05, 4.69) is 0 Å². The number of carbonyl (C=O) groups is 2. The van der Waals surface area contributed by atoms with Crippen LogP contribution in [0.15, 0.2) is 59.5 Å². The van der Waals surface area contributed by atoms with Gasteiger partial charge >= 0.3 is 5.97 Å². The molecule has 0 radical (unpaired) electrons. The number of benzene rings is 2. The van der Waals surface area contributed by atoms with Crippen molar-refractivity contribution in [3.63, 3.8) is 0 Å². The van der Waals surface area contributed by atoms with Crippen LogP contribution < -0.4 is 4.90 Å². The van der Waals surface area contributed by atoms with Crippen molar-refractivity contribution in [1.29, 1.82) is 5.26 Å². The number of carbonyl (C=O) groups excluding carboxylic acids is 2. The quantitative estimate of drug-likeness (QED) is 0.449. The SMILES string of the molecule is CC1CN(S(=O)(=O)c2ccc(C(=O)OCC(=O)N(CC#N)c3ccccc3)cc2)CC(C)O1. The largest absolute Gasteiger partial charge is 0.452 e. The zero-order valence-corrected chi connectivity index (χ0v) is 19.2. The second-order valence-corrected chi connectivity index (χ2v) is 9.59. The number of hydrogen-bond donors (Lipinski definition) is 0. The molecule has 0 bridgehead atoms. The van der Waals surface area contributed by atoms with E-state index in [0.717, 1.165) is 0 Å². The maximum absolute atomic E-state index is 12.9. The topological polar surface area (TPSA) is 117 Å². The van der Waals surface area contributed by atoms with Gasteiger partial charge in [0.05, 0.1) is 28.7 Å². The summed E-state index contributed by atoms with van der Waals surface area (Å²) >= 11 is 0. The Hall–Kier alpha value is -3.26. The summed E-state index contributed by atoms with van der Waals surface area (Å²) in [6.45, 7) is 3.38. The molecule has 174 valence electrons. The predicted octanol–water partition coefficient (Wildman–Crippen LogP) is 2.20. The number of morpholine rings is 1. The minimum Gasteiger partial charge on any atom is -0.452 e. The van der Waals surface area contributed by atoms with E-state index in [1.54, 1.807) is 30.3 Å². The molecule has 1 aliphatic heterocycles. The van der Waals surface area contributed by atoms with Crippen LogP contribution in [0.2, 0.25) is 0 Å². The van der Waals surface area contributed by atoms with Crippen molar-refractivity contribution < 1.29 is 27.5 Å². The standard InChI is InChI=1S/C23H25N3O6S/c1-17-14-25(15-18(2)32-17)33(29,30)21-10-8-19(9-11-21)23(28)31-16-22(27)26(13-12-24)20-6-4-3-5-7-20/h3-11,17-18H,13-16H2,1-2H3. The van der Waals surface area contributed by atoms with E-state index in [1.807, 2.05) is 19.9 Å². The first-order valence-corrected chi connectivity index (χ1v) is 11.8. The van der Waals surface area contributed by atoms with Gasteiger partial charge in [-0.3, -0.25) is 9.69 Å². The lowest BCUT2D eigenvalue weighted by Gasteiger charge is -2.34. The van der Waals surface area contributed by atoms with Gasteiger partial charge in [-0.25, -0.2) is 13.2 Å². The molecule has 2 aromatic rings. The fraction of sp³-hybridized carbons (Fsp3) is 0.348. The van der Waals surface area contributed by atoms with Crippen LogP contribution in [0.4, 0.5) is 5.69 Å². The number of para-hydroxylation sites is 1. The molecule has 0 spiro atoms. The summed E-state index contributed by atoms with van der Waals surface area (Å²) in [7, 11) is -3.73. The van der Waals surface area contributed by atoms with Crippen LogP contribution in [0.3, 0.4) is 0 Å². The Morgan fingerprint density at radius 3 is 2.27 bits per heavy atom. The average molecular weight is 472 g/mol. The molecule has 0 aliphatic carbocycles. The number of ether oxygens (including phenoxy) is 2. The number of anilines is 1. The second-order valence-electron chi connectivity index (χ2n) is 7.65. The molecule has 10 heteroatoms. The van der Waals surface area contributed by atoms with Gasteiger partial charge in [-0.1, -0.05) is 18.2 Å². The van der Waals surface area contributed by atoms with Crippen molar-refractivity contribution in [2.75, 3.05) is 31.1 Å². The molecule has 1 heterocycles. The van der Waals surface area contributed by atoms with Gasteiger partial charge in [0.2, 0.25) is 10.0 Å². The third-order valence-electron chi connectivity index (χ3n) is 5.04. The van der Waals surface area contributed by atoms with E-state index >= 15 is 0 Å². The van der Waals surface area contributed by atoms with E-state index in [1.165, 1.54) is 33.5 Å². The summed E-state index contributed by atoms with van der Waals surface area (Å²) in [6.07, 6.45) is -0.432. The van der Waals surface area contributed by atoms with E-state index in [4.69, 9.17) is 14.7 Å². The number of sulfonamides is 1. The summed E-state index contributed by atoms with van der Waals surface area (Å²) in [6, 6.07) is 15.9. The third kappa shape index (κ3) is 5.96. The lowest BCUT2D eigenvalue weighted by atomic mass is 10.2. The Morgan fingerprint density at radius 2 is 1.70 bits per heavy atom. The number of amides is 1. The van der Waals surface area contributed by atoms with Crippen LogP contribution in [0.25, 0.3) is 0 Å². The van der Waals surface area contributed by atoms with Crippen molar-refractivity contribution in [3.8, 4) is 6.07 Å². The first-order chi connectivity index (χ1) is 15.7. The number of esters is 1. The van der Waals surface area contributed by atoms with Crippen LogP contribution in [0.1, 0.15) is 24.2 Å². The fourth-order valence-corrected chi connectivity index (χ4v) is 5.12. The molecular weight excluding hydrogens is 446 g/mol. The third-order valence-corrected chi connectivity index (χ3v) is 6.88. The van der Waals surface area contributed by atoms with Crippen LogP contribution in [-0.2, 0) is 24.3 Å². The van der Waals surface area contributed by atoms with E-state index in [0.29, 0.717) is 5.69 Å². The van der Waals surface area contributed by atoms with E-state index in [-0.39, 0.29) is 42.3 Å². The Morgan fingerprint density at radius 1 is 1.09 bits per heavy atom. The summed E-state index contributed by atoms with van der Waals surface area (Å²) in [5.41, 5.74) is 0.624. The highest BCUT2D eigenvalue weighted by atomic mass is 32.2. The van der Waals surface area contributed by atoms with Gasteiger partial charge in [-0.2, -0.15) is 9.57 Å². The molecule has 1 saturated heterocycles. The van der Waals surface area contributed by atoms with Crippen molar-refractivity contribution in [2.45, 2.75) is 31.0 Å². The van der Waals surface area contributed by atoms with Gasteiger partial charge in [0.25, 0.3) is 5.91 Å². The monoisotopic (exact) mass is 471 g/mol. The number of nitriles is 1. The van der Waals surface area contributed by atoms with Crippen LogP contribution in [0, 0.1) is 11.3 Å². The minimum atomic E-state index is -3.73. The number of nitrogens with zero attached hydrogens (tertiary/aromatic N) is 3. The van der Waals surface area contributed by atoms with Crippen molar-refractivity contribution in [2.24, 2.45) is 0 Å². The molecule has 33 heavy (non-hydrogen) atoms. The molecule has 9 nitrogen and oxygen atoms in total. The van der Waals surface area contributed by atoms with Gasteiger partial charge in [-0.05, 0) is 50.2 Å². The van der Waals surface area contributed by atoms with Gasteiger partial charge in [0.1, 0.15) is 6.54 Å². The van der Waals surface area contributed by atoms with Gasteiger partial charge in [0, 0.05) is 18.8 Å². The van der Waals surface area contributed by atoms with E-state index in [9.17, 15) is 18.0 Å². The summed E-state index contributed by atoms with van der Waals surface area (Å²) in [5, 5.41) is 9.01. The van der Waals surface area contributed by atoms with E-state index < -0.39 is 28.5 Å². The van der Waals surface area contributed by atoms with Crippen molar-refractivity contribution in [3.05, 3.63) is 60.2 Å². The molecular formula is C23H25N3O6S. The fourth-order valence-electron chi connectivity index (χ4n) is 3.53. The molecule has 0 N–H and O–H groups in total. The molecule has 3 rings (SSSR count). The highest BCUT2D eigenvalue weighted by Gasteiger charge is 2.32. The van der Waals surface area contributed by atoms with Crippen LogP contribution >= 0.6 is 0 Å².